The Kier molecular flexibility index (Phi) is 7.39. The zero-order valence-corrected chi connectivity index (χ0v) is 35.1. The Morgan fingerprint density at radius 1 is 0.291 bits per heavy atom. The van der Waals surface area contributed by atoms with Crippen LogP contribution in [-0.2, 0) is 32.5 Å². The van der Waals surface area contributed by atoms with Gasteiger partial charge in [-0.1, -0.05) is 180 Å². The average Bonchev–Trinajstić information content (AvgIpc) is 3.16. The zero-order valence-electron chi connectivity index (χ0n) is 35.1. The van der Waals surface area contributed by atoms with Crippen LogP contribution in [0.2, 0.25) is 0 Å². The summed E-state index contributed by atoms with van der Waals surface area (Å²) in [6.07, 6.45) is 0. The molecule has 1 heteroatoms. The van der Waals surface area contributed by atoms with Gasteiger partial charge in [0.15, 0.2) is 0 Å². The van der Waals surface area contributed by atoms with Crippen molar-refractivity contribution < 1.29 is 0 Å². The molecule has 3 aliphatic rings. The Hall–Kier alpha value is -4.88. The highest BCUT2D eigenvalue weighted by atomic mass is 15.1. The molecule has 0 bridgehead atoms. The van der Waals surface area contributed by atoms with Crippen molar-refractivity contribution in [3.8, 4) is 33.4 Å². The van der Waals surface area contributed by atoms with E-state index in [1.165, 1.54) is 83.8 Å². The molecule has 0 spiro atoms. The number of hydrogen-bond donors (Lipinski definition) is 0. The van der Waals surface area contributed by atoms with Crippen molar-refractivity contribution in [2.24, 2.45) is 0 Å². The van der Waals surface area contributed by atoms with Gasteiger partial charge in [-0.3, -0.25) is 0 Å². The average molecular weight is 720 g/mol. The lowest BCUT2D eigenvalue weighted by atomic mass is 9.55. The van der Waals surface area contributed by atoms with Crippen LogP contribution >= 0.6 is 0 Å². The Morgan fingerprint density at radius 2 is 0.618 bits per heavy atom. The van der Waals surface area contributed by atoms with Crippen LogP contribution in [0.5, 0.6) is 0 Å². The minimum absolute atomic E-state index is 0.0221. The highest BCUT2D eigenvalue weighted by molar-refractivity contribution is 5.92. The fraction of sp³-hybridized carbons (Fsp3) is 0.333. The highest BCUT2D eigenvalue weighted by Crippen LogP contribution is 2.60. The molecule has 3 aliphatic carbocycles. The summed E-state index contributed by atoms with van der Waals surface area (Å²) in [5.74, 6) is 0. The lowest BCUT2D eigenvalue weighted by Crippen LogP contribution is -2.44. The molecule has 0 unspecified atom stereocenters. The summed E-state index contributed by atoms with van der Waals surface area (Å²) in [7, 11) is 0. The van der Waals surface area contributed by atoms with Gasteiger partial charge in [-0.25, -0.2) is 0 Å². The van der Waals surface area contributed by atoms with Crippen molar-refractivity contribution >= 4 is 17.1 Å². The van der Waals surface area contributed by atoms with Crippen LogP contribution in [0.1, 0.15) is 116 Å². The number of benzene rings is 6. The van der Waals surface area contributed by atoms with Gasteiger partial charge in [0.25, 0.3) is 0 Å². The van der Waals surface area contributed by atoms with Crippen LogP contribution in [0.15, 0.2) is 127 Å². The summed E-state index contributed by atoms with van der Waals surface area (Å²) in [4.78, 5) is 2.59. The maximum absolute atomic E-state index is 2.59. The molecule has 6 aromatic carbocycles. The summed E-state index contributed by atoms with van der Waals surface area (Å²) in [6, 6.07) is 49.0. The summed E-state index contributed by atoms with van der Waals surface area (Å²) >= 11 is 0. The molecule has 0 amide bonds. The molecule has 0 aliphatic heterocycles. The first kappa shape index (κ1) is 35.8. The van der Waals surface area contributed by atoms with Crippen LogP contribution in [0.3, 0.4) is 0 Å². The van der Waals surface area contributed by atoms with Gasteiger partial charge in [0.2, 0.25) is 0 Å². The van der Waals surface area contributed by atoms with Gasteiger partial charge in [-0.15, -0.1) is 0 Å². The molecule has 0 saturated heterocycles. The molecular formula is C54H57N. The van der Waals surface area contributed by atoms with Crippen LogP contribution < -0.4 is 4.90 Å². The van der Waals surface area contributed by atoms with Crippen molar-refractivity contribution in [1.82, 2.24) is 0 Å². The van der Waals surface area contributed by atoms with Gasteiger partial charge >= 0.3 is 0 Å². The molecule has 0 atom stereocenters. The third-order valence-electron chi connectivity index (χ3n) is 16.1. The Labute approximate surface area is 330 Å². The van der Waals surface area contributed by atoms with E-state index in [1.807, 2.05) is 0 Å². The SMILES string of the molecule is CC1(C)c2ccccc2-c2cc(N(c3ccc4c(c3)-c3ccccc3C(C)(C)C4(C)C)c3cccc4c3C(C)(C)C(C)(C)c3ccccc3-4)ccc2C1(C)C. The van der Waals surface area contributed by atoms with Crippen LogP contribution in [0.25, 0.3) is 33.4 Å². The lowest BCUT2D eigenvalue weighted by Gasteiger charge is -2.50. The van der Waals surface area contributed by atoms with Gasteiger partial charge in [0.05, 0.1) is 5.69 Å². The maximum Gasteiger partial charge on any atom is 0.0505 e. The van der Waals surface area contributed by atoms with Gasteiger partial charge in [-0.05, 0) is 124 Å². The Bertz CT molecular complexity index is 2430. The van der Waals surface area contributed by atoms with Crippen LogP contribution in [0, 0.1) is 0 Å². The van der Waals surface area contributed by atoms with E-state index in [2.05, 4.69) is 215 Å². The second-order valence-corrected chi connectivity index (χ2v) is 19.9. The molecule has 9 rings (SSSR count). The fourth-order valence-electron chi connectivity index (χ4n) is 10.7. The Balaban J connectivity index is 1.36. The van der Waals surface area contributed by atoms with Crippen molar-refractivity contribution in [2.75, 3.05) is 4.90 Å². The lowest BCUT2D eigenvalue weighted by molar-refractivity contribution is 0.299. The molecule has 0 aromatic heterocycles. The third kappa shape index (κ3) is 4.53. The first-order chi connectivity index (χ1) is 25.8. The molecule has 0 heterocycles. The molecule has 0 fully saturated rings. The van der Waals surface area contributed by atoms with E-state index in [0.29, 0.717) is 0 Å². The summed E-state index contributed by atoms with van der Waals surface area (Å²) in [5, 5.41) is 0. The monoisotopic (exact) mass is 719 g/mol. The van der Waals surface area contributed by atoms with Crippen LogP contribution in [0.4, 0.5) is 17.1 Å². The fourth-order valence-corrected chi connectivity index (χ4v) is 10.7. The van der Waals surface area contributed by atoms with Gasteiger partial charge < -0.3 is 4.90 Å². The number of anilines is 3. The molecule has 0 saturated carbocycles. The summed E-state index contributed by atoms with van der Waals surface area (Å²) < 4.78 is 0. The van der Waals surface area contributed by atoms with Gasteiger partial charge in [0.1, 0.15) is 0 Å². The van der Waals surface area contributed by atoms with E-state index >= 15 is 0 Å². The number of hydrogen-bond acceptors (Lipinski definition) is 1. The van der Waals surface area contributed by atoms with E-state index in [4.69, 9.17) is 0 Å². The predicted molar refractivity (Wildman–Crippen MR) is 236 cm³/mol. The second kappa shape index (κ2) is 11.3. The van der Waals surface area contributed by atoms with Crippen molar-refractivity contribution in [3.63, 3.8) is 0 Å². The molecule has 55 heavy (non-hydrogen) atoms. The Morgan fingerprint density at radius 3 is 1.04 bits per heavy atom. The van der Waals surface area contributed by atoms with E-state index in [0.717, 1.165) is 0 Å². The minimum Gasteiger partial charge on any atom is -0.310 e. The number of nitrogens with zero attached hydrogens (tertiary/aromatic N) is 1. The largest absolute Gasteiger partial charge is 0.310 e. The van der Waals surface area contributed by atoms with Crippen molar-refractivity contribution in [2.45, 2.75) is 116 Å². The first-order valence-corrected chi connectivity index (χ1v) is 20.4. The van der Waals surface area contributed by atoms with Gasteiger partial charge in [-0.2, -0.15) is 0 Å². The molecule has 278 valence electrons. The summed E-state index contributed by atoms with van der Waals surface area (Å²) in [6.45, 7) is 29.2. The quantitative estimate of drug-likeness (QED) is 0.176. The summed E-state index contributed by atoms with van der Waals surface area (Å²) in [5.41, 5.74) is 19.7. The predicted octanol–water partition coefficient (Wildman–Crippen LogP) is 14.9. The molecule has 1 nitrogen and oxygen atoms in total. The molecule has 6 aromatic rings. The van der Waals surface area contributed by atoms with Gasteiger partial charge in [0, 0.05) is 16.8 Å². The highest BCUT2D eigenvalue weighted by Gasteiger charge is 2.50. The van der Waals surface area contributed by atoms with Crippen molar-refractivity contribution in [3.05, 3.63) is 161 Å². The standard InChI is InChI=1S/C54H57N/c1-49(2)43-25-17-14-21-37(43)40-32-34(28-30-45(40)51(49,5)6)55(35-29-31-46-41(33-35)38-22-15-18-26-44(38)50(3,4)52(46,7)8)47-27-19-23-39-36-20-13-16-24-42(36)53(9,10)54(11,12)48(39)47/h13-33H,1-12H3. The second-order valence-electron chi connectivity index (χ2n) is 19.9. The smallest absolute Gasteiger partial charge is 0.0505 e. The zero-order chi connectivity index (χ0) is 39.1. The normalized spacial score (nSPS) is 19.4. The van der Waals surface area contributed by atoms with E-state index in [1.54, 1.807) is 0 Å². The first-order valence-electron chi connectivity index (χ1n) is 20.4. The molecule has 0 N–H and O–H groups in total. The topological polar surface area (TPSA) is 3.24 Å². The molecular weight excluding hydrogens is 663 g/mol. The molecule has 0 radical (unpaired) electrons. The van der Waals surface area contributed by atoms with Crippen LogP contribution in [-0.4, -0.2) is 0 Å². The number of fused-ring (bicyclic) bond motifs is 9. The van der Waals surface area contributed by atoms with E-state index in [9.17, 15) is 0 Å². The van der Waals surface area contributed by atoms with Crippen molar-refractivity contribution in [1.29, 1.82) is 0 Å². The van der Waals surface area contributed by atoms with E-state index in [-0.39, 0.29) is 32.5 Å². The number of rotatable bonds is 3. The maximum atomic E-state index is 2.59. The minimum atomic E-state index is -0.175. The van der Waals surface area contributed by atoms with E-state index < -0.39 is 0 Å². The third-order valence-corrected chi connectivity index (χ3v) is 16.1.